The molecule has 0 radical (unpaired) electrons. The molecule has 108 valence electrons. The van der Waals surface area contributed by atoms with Crippen LogP contribution in [0, 0.1) is 5.41 Å². The SMILES string of the molecule is CC(C)(C)OC(=O)N1CC2(CCC(=O)CC2(F)F)C1. The maximum absolute atomic E-state index is 13.9. The van der Waals surface area contributed by atoms with Crippen LogP contribution in [0.15, 0.2) is 0 Å². The van der Waals surface area contributed by atoms with E-state index in [4.69, 9.17) is 4.74 Å². The van der Waals surface area contributed by atoms with Crippen molar-refractivity contribution in [1.82, 2.24) is 4.90 Å². The van der Waals surface area contributed by atoms with E-state index in [9.17, 15) is 18.4 Å². The van der Waals surface area contributed by atoms with Crippen molar-refractivity contribution in [1.29, 1.82) is 0 Å². The number of carbonyl (C=O) groups excluding carboxylic acids is 2. The summed E-state index contributed by atoms with van der Waals surface area (Å²) in [5, 5.41) is 0. The number of nitrogens with zero attached hydrogens (tertiary/aromatic N) is 1. The fourth-order valence-corrected chi connectivity index (χ4v) is 2.61. The summed E-state index contributed by atoms with van der Waals surface area (Å²) in [7, 11) is 0. The topological polar surface area (TPSA) is 46.6 Å². The lowest BCUT2D eigenvalue weighted by Crippen LogP contribution is -2.68. The van der Waals surface area contributed by atoms with Crippen LogP contribution in [0.3, 0.4) is 0 Å². The highest BCUT2D eigenvalue weighted by Crippen LogP contribution is 2.52. The molecule has 1 heterocycles. The molecule has 2 rings (SSSR count). The van der Waals surface area contributed by atoms with Gasteiger partial charge in [0.05, 0.1) is 11.8 Å². The minimum atomic E-state index is -3.01. The number of amides is 1. The van der Waals surface area contributed by atoms with Gasteiger partial charge in [-0.3, -0.25) is 4.79 Å². The lowest BCUT2D eigenvalue weighted by Gasteiger charge is -2.54. The molecular formula is C13H19F2NO3. The monoisotopic (exact) mass is 275 g/mol. The second kappa shape index (κ2) is 4.15. The van der Waals surface area contributed by atoms with Gasteiger partial charge in [-0.1, -0.05) is 0 Å². The van der Waals surface area contributed by atoms with Crippen LogP contribution < -0.4 is 0 Å². The average molecular weight is 275 g/mol. The fraction of sp³-hybridized carbons (Fsp3) is 0.846. The molecule has 1 saturated heterocycles. The Balaban J connectivity index is 1.98. The van der Waals surface area contributed by atoms with Gasteiger partial charge in [-0.05, 0) is 27.2 Å². The number of Topliss-reactive ketones (excluding diaryl/α,β-unsaturated/α-hetero) is 1. The normalized spacial score (nSPS) is 25.1. The first-order valence-corrected chi connectivity index (χ1v) is 6.42. The second-order valence-corrected chi connectivity index (χ2v) is 6.54. The molecule has 0 N–H and O–H groups in total. The number of alkyl halides is 2. The molecule has 1 spiro atoms. The lowest BCUT2D eigenvalue weighted by molar-refractivity contribution is -0.204. The summed E-state index contributed by atoms with van der Waals surface area (Å²) in [5.41, 5.74) is -1.86. The number of ketones is 1. The zero-order chi connectivity index (χ0) is 14.5. The van der Waals surface area contributed by atoms with Crippen LogP contribution in [0.25, 0.3) is 0 Å². The zero-order valence-electron chi connectivity index (χ0n) is 11.5. The van der Waals surface area contributed by atoms with Crippen molar-refractivity contribution in [2.45, 2.75) is 51.6 Å². The molecule has 6 heteroatoms. The Morgan fingerprint density at radius 3 is 2.37 bits per heavy atom. The van der Waals surface area contributed by atoms with Gasteiger partial charge in [-0.25, -0.2) is 13.6 Å². The molecule has 1 amide bonds. The first-order chi connectivity index (χ1) is 8.55. The highest BCUT2D eigenvalue weighted by molar-refractivity contribution is 5.81. The van der Waals surface area contributed by atoms with E-state index in [0.29, 0.717) is 0 Å². The second-order valence-electron chi connectivity index (χ2n) is 6.54. The number of carbonyl (C=O) groups is 2. The Morgan fingerprint density at radius 2 is 1.89 bits per heavy atom. The third kappa shape index (κ3) is 2.58. The summed E-state index contributed by atoms with van der Waals surface area (Å²) >= 11 is 0. The van der Waals surface area contributed by atoms with Gasteiger partial charge < -0.3 is 9.64 Å². The van der Waals surface area contributed by atoms with E-state index in [1.807, 2.05) is 0 Å². The van der Waals surface area contributed by atoms with E-state index in [-0.39, 0.29) is 25.9 Å². The first kappa shape index (κ1) is 14.2. The zero-order valence-corrected chi connectivity index (χ0v) is 11.5. The molecule has 0 bridgehead atoms. The van der Waals surface area contributed by atoms with Gasteiger partial charge in [0.15, 0.2) is 0 Å². The van der Waals surface area contributed by atoms with E-state index in [1.165, 1.54) is 4.90 Å². The van der Waals surface area contributed by atoms with Crippen molar-refractivity contribution < 1.29 is 23.1 Å². The Kier molecular flexibility index (Phi) is 3.10. The highest BCUT2D eigenvalue weighted by atomic mass is 19.3. The summed E-state index contributed by atoms with van der Waals surface area (Å²) in [6.07, 6.45) is -0.934. The molecule has 4 nitrogen and oxygen atoms in total. The van der Waals surface area contributed by atoms with Crippen LogP contribution in [-0.2, 0) is 9.53 Å². The lowest BCUT2D eigenvalue weighted by atomic mass is 9.65. The van der Waals surface area contributed by atoms with Crippen LogP contribution in [0.2, 0.25) is 0 Å². The Morgan fingerprint density at radius 1 is 1.32 bits per heavy atom. The number of hydrogen-bond donors (Lipinski definition) is 0. The van der Waals surface area contributed by atoms with Gasteiger partial charge in [-0.15, -0.1) is 0 Å². The van der Waals surface area contributed by atoms with Crippen molar-refractivity contribution in [3.8, 4) is 0 Å². The van der Waals surface area contributed by atoms with Gasteiger partial charge in [0.1, 0.15) is 11.4 Å². The van der Waals surface area contributed by atoms with Gasteiger partial charge in [0, 0.05) is 19.5 Å². The Hall–Kier alpha value is -1.20. The van der Waals surface area contributed by atoms with Crippen LogP contribution in [0.4, 0.5) is 13.6 Å². The minimum absolute atomic E-state index is 0.0256. The van der Waals surface area contributed by atoms with E-state index in [2.05, 4.69) is 0 Å². The van der Waals surface area contributed by atoms with E-state index < -0.39 is 35.2 Å². The van der Waals surface area contributed by atoms with Crippen molar-refractivity contribution in [3.05, 3.63) is 0 Å². The van der Waals surface area contributed by atoms with Gasteiger partial charge in [0.2, 0.25) is 0 Å². The molecule has 0 unspecified atom stereocenters. The average Bonchev–Trinajstić information content (AvgIpc) is 2.09. The number of ether oxygens (including phenoxy) is 1. The van der Waals surface area contributed by atoms with Gasteiger partial charge in [0.25, 0.3) is 5.92 Å². The predicted octanol–water partition coefficient (Wildman–Crippen LogP) is 2.61. The molecule has 0 aromatic carbocycles. The van der Waals surface area contributed by atoms with Crippen LogP contribution in [-0.4, -0.2) is 41.4 Å². The summed E-state index contributed by atoms with van der Waals surface area (Å²) in [4.78, 5) is 24.1. The van der Waals surface area contributed by atoms with E-state index in [1.54, 1.807) is 20.8 Å². The van der Waals surface area contributed by atoms with Crippen LogP contribution in [0.1, 0.15) is 40.0 Å². The van der Waals surface area contributed by atoms with Crippen molar-refractivity contribution in [2.24, 2.45) is 5.41 Å². The highest BCUT2D eigenvalue weighted by Gasteiger charge is 2.63. The van der Waals surface area contributed by atoms with E-state index >= 15 is 0 Å². The summed E-state index contributed by atoms with van der Waals surface area (Å²) in [6.45, 7) is 5.14. The third-order valence-electron chi connectivity index (χ3n) is 3.72. The number of hydrogen-bond acceptors (Lipinski definition) is 3. The fourth-order valence-electron chi connectivity index (χ4n) is 2.61. The molecule has 1 saturated carbocycles. The summed E-state index contributed by atoms with van der Waals surface area (Å²) in [5.74, 6) is -3.41. The van der Waals surface area contributed by atoms with Crippen molar-refractivity contribution >= 4 is 11.9 Å². The smallest absolute Gasteiger partial charge is 0.410 e. The molecule has 0 atom stereocenters. The Labute approximate surface area is 111 Å². The first-order valence-electron chi connectivity index (χ1n) is 6.42. The summed E-state index contributed by atoms with van der Waals surface area (Å²) < 4.78 is 33.0. The minimum Gasteiger partial charge on any atom is -0.444 e. The molecule has 2 fully saturated rings. The molecule has 2 aliphatic rings. The molecule has 1 aliphatic heterocycles. The van der Waals surface area contributed by atoms with Gasteiger partial charge >= 0.3 is 6.09 Å². The largest absolute Gasteiger partial charge is 0.444 e. The number of rotatable bonds is 0. The van der Waals surface area contributed by atoms with Crippen LogP contribution >= 0.6 is 0 Å². The molecule has 19 heavy (non-hydrogen) atoms. The quantitative estimate of drug-likeness (QED) is 0.682. The maximum Gasteiger partial charge on any atom is 0.410 e. The third-order valence-corrected chi connectivity index (χ3v) is 3.72. The van der Waals surface area contributed by atoms with Gasteiger partial charge in [-0.2, -0.15) is 0 Å². The van der Waals surface area contributed by atoms with Crippen molar-refractivity contribution in [3.63, 3.8) is 0 Å². The number of likely N-dealkylation sites (tertiary alicyclic amines) is 1. The molecule has 0 aromatic heterocycles. The van der Waals surface area contributed by atoms with E-state index in [0.717, 1.165) is 0 Å². The van der Waals surface area contributed by atoms with Crippen LogP contribution in [0.5, 0.6) is 0 Å². The number of halogens is 2. The molecule has 0 aromatic rings. The van der Waals surface area contributed by atoms with Crippen molar-refractivity contribution in [2.75, 3.05) is 13.1 Å². The maximum atomic E-state index is 13.9. The molecular weight excluding hydrogens is 256 g/mol. The Bertz CT molecular complexity index is 409. The summed E-state index contributed by atoms with van der Waals surface area (Å²) in [6, 6.07) is 0. The predicted molar refractivity (Wildman–Crippen MR) is 64.0 cm³/mol. The standard InChI is InChI=1S/C13H19F2NO3/c1-11(2,3)19-10(18)16-7-12(8-16)5-4-9(17)6-13(12,14)15/h4-8H2,1-3H3. The molecule has 1 aliphatic carbocycles.